The molecule has 0 atom stereocenters. The SMILES string of the molecule is Clc1cccc2c(-c3ccccc3)cnnc12. The summed E-state index contributed by atoms with van der Waals surface area (Å²) in [7, 11) is 0. The number of rotatable bonds is 1. The first-order valence-corrected chi connectivity index (χ1v) is 5.69. The molecule has 1 heterocycles. The van der Waals surface area contributed by atoms with Crippen LogP contribution >= 0.6 is 11.6 Å². The Morgan fingerprint density at radius 2 is 1.71 bits per heavy atom. The van der Waals surface area contributed by atoms with E-state index in [1.54, 1.807) is 6.20 Å². The second-order valence-corrected chi connectivity index (χ2v) is 4.17. The molecule has 0 fully saturated rings. The van der Waals surface area contributed by atoms with Crippen molar-refractivity contribution in [2.45, 2.75) is 0 Å². The Balaban J connectivity index is 2.35. The van der Waals surface area contributed by atoms with Crippen molar-refractivity contribution in [2.75, 3.05) is 0 Å². The fourth-order valence-electron chi connectivity index (χ4n) is 1.90. The average molecular weight is 241 g/mol. The molecule has 82 valence electrons. The number of fused-ring (bicyclic) bond motifs is 1. The minimum Gasteiger partial charge on any atom is -0.158 e. The number of aromatic nitrogens is 2. The molecule has 2 aromatic carbocycles. The maximum Gasteiger partial charge on any atom is 0.112 e. The fourth-order valence-corrected chi connectivity index (χ4v) is 2.11. The molecule has 17 heavy (non-hydrogen) atoms. The minimum absolute atomic E-state index is 0.632. The van der Waals surface area contributed by atoms with Gasteiger partial charge < -0.3 is 0 Å². The Morgan fingerprint density at radius 3 is 2.53 bits per heavy atom. The quantitative estimate of drug-likeness (QED) is 0.644. The number of hydrogen-bond acceptors (Lipinski definition) is 2. The summed E-state index contributed by atoms with van der Waals surface area (Å²) in [6.45, 7) is 0. The summed E-state index contributed by atoms with van der Waals surface area (Å²) in [5.74, 6) is 0. The second kappa shape index (κ2) is 4.15. The third-order valence-corrected chi connectivity index (χ3v) is 3.01. The highest BCUT2D eigenvalue weighted by Gasteiger charge is 2.07. The van der Waals surface area contributed by atoms with Gasteiger partial charge >= 0.3 is 0 Å². The summed E-state index contributed by atoms with van der Waals surface area (Å²) >= 11 is 6.11. The molecule has 0 saturated heterocycles. The third kappa shape index (κ3) is 1.77. The lowest BCUT2D eigenvalue weighted by molar-refractivity contribution is 1.08. The van der Waals surface area contributed by atoms with Crippen molar-refractivity contribution in [1.29, 1.82) is 0 Å². The highest BCUT2D eigenvalue weighted by molar-refractivity contribution is 6.35. The van der Waals surface area contributed by atoms with Crippen LogP contribution < -0.4 is 0 Å². The Kier molecular flexibility index (Phi) is 2.50. The van der Waals surface area contributed by atoms with Crippen LogP contribution in [0.1, 0.15) is 0 Å². The van der Waals surface area contributed by atoms with Gasteiger partial charge in [-0.05, 0) is 11.6 Å². The first-order chi connectivity index (χ1) is 8.36. The summed E-state index contributed by atoms with van der Waals surface area (Å²) in [6.07, 6.45) is 1.77. The molecular formula is C14H9ClN2. The zero-order valence-electron chi connectivity index (χ0n) is 8.97. The molecule has 3 heteroatoms. The van der Waals surface area contributed by atoms with E-state index < -0.39 is 0 Å². The normalized spacial score (nSPS) is 10.6. The van der Waals surface area contributed by atoms with E-state index in [1.807, 2.05) is 36.4 Å². The molecular weight excluding hydrogens is 232 g/mol. The Bertz CT molecular complexity index is 665. The zero-order chi connectivity index (χ0) is 11.7. The van der Waals surface area contributed by atoms with Crippen LogP contribution in [0.25, 0.3) is 22.0 Å². The minimum atomic E-state index is 0.632. The van der Waals surface area contributed by atoms with Gasteiger partial charge in [0, 0.05) is 10.9 Å². The molecule has 3 aromatic rings. The highest BCUT2D eigenvalue weighted by atomic mass is 35.5. The van der Waals surface area contributed by atoms with Crippen LogP contribution in [0.2, 0.25) is 5.02 Å². The first kappa shape index (κ1) is 10.2. The number of benzene rings is 2. The Labute approximate surface area is 104 Å². The molecule has 3 rings (SSSR count). The number of halogens is 1. The highest BCUT2D eigenvalue weighted by Crippen LogP contribution is 2.29. The molecule has 0 unspecified atom stereocenters. The van der Waals surface area contributed by atoms with Gasteiger partial charge in [0.1, 0.15) is 5.52 Å². The van der Waals surface area contributed by atoms with E-state index in [0.29, 0.717) is 5.02 Å². The van der Waals surface area contributed by atoms with Crippen molar-refractivity contribution < 1.29 is 0 Å². The largest absolute Gasteiger partial charge is 0.158 e. The average Bonchev–Trinajstić information content (AvgIpc) is 2.40. The smallest absolute Gasteiger partial charge is 0.112 e. The molecule has 1 aromatic heterocycles. The van der Waals surface area contributed by atoms with Gasteiger partial charge in [0.2, 0.25) is 0 Å². The van der Waals surface area contributed by atoms with Gasteiger partial charge in [0.05, 0.1) is 11.2 Å². The van der Waals surface area contributed by atoms with E-state index in [9.17, 15) is 0 Å². The van der Waals surface area contributed by atoms with Crippen LogP contribution in [-0.2, 0) is 0 Å². The number of nitrogens with zero attached hydrogens (tertiary/aromatic N) is 2. The first-order valence-electron chi connectivity index (χ1n) is 5.31. The van der Waals surface area contributed by atoms with Gasteiger partial charge in [-0.2, -0.15) is 5.10 Å². The molecule has 0 aliphatic rings. The van der Waals surface area contributed by atoms with Crippen molar-refractivity contribution >= 4 is 22.5 Å². The lowest BCUT2D eigenvalue weighted by atomic mass is 10.0. The zero-order valence-corrected chi connectivity index (χ0v) is 9.72. The second-order valence-electron chi connectivity index (χ2n) is 3.76. The van der Waals surface area contributed by atoms with Gasteiger partial charge in [0.15, 0.2) is 0 Å². The maximum absolute atomic E-state index is 6.11. The predicted molar refractivity (Wildman–Crippen MR) is 70.0 cm³/mol. The molecule has 0 amide bonds. The molecule has 0 spiro atoms. The van der Waals surface area contributed by atoms with E-state index in [2.05, 4.69) is 22.3 Å². The van der Waals surface area contributed by atoms with E-state index in [1.165, 1.54) is 0 Å². The van der Waals surface area contributed by atoms with Gasteiger partial charge in [-0.3, -0.25) is 0 Å². The van der Waals surface area contributed by atoms with Crippen molar-refractivity contribution in [2.24, 2.45) is 0 Å². The van der Waals surface area contributed by atoms with E-state index >= 15 is 0 Å². The van der Waals surface area contributed by atoms with Crippen molar-refractivity contribution in [1.82, 2.24) is 10.2 Å². The fraction of sp³-hybridized carbons (Fsp3) is 0. The molecule has 0 aliphatic heterocycles. The summed E-state index contributed by atoms with van der Waals surface area (Å²) in [6, 6.07) is 15.9. The maximum atomic E-state index is 6.11. The molecule has 0 saturated carbocycles. The van der Waals surface area contributed by atoms with Crippen LogP contribution in [0.15, 0.2) is 54.7 Å². The summed E-state index contributed by atoms with van der Waals surface area (Å²) in [4.78, 5) is 0. The summed E-state index contributed by atoms with van der Waals surface area (Å²) in [5.41, 5.74) is 2.92. The molecule has 2 nitrogen and oxygen atoms in total. The van der Waals surface area contributed by atoms with E-state index in [4.69, 9.17) is 11.6 Å². The predicted octanol–water partition coefficient (Wildman–Crippen LogP) is 3.95. The van der Waals surface area contributed by atoms with Gasteiger partial charge in [-0.25, -0.2) is 0 Å². The summed E-state index contributed by atoms with van der Waals surface area (Å²) in [5, 5.41) is 9.76. The molecule has 0 N–H and O–H groups in total. The van der Waals surface area contributed by atoms with Gasteiger partial charge in [-0.15, -0.1) is 5.10 Å². The van der Waals surface area contributed by atoms with E-state index in [0.717, 1.165) is 22.0 Å². The topological polar surface area (TPSA) is 25.8 Å². The molecule has 0 aliphatic carbocycles. The summed E-state index contributed by atoms with van der Waals surface area (Å²) < 4.78 is 0. The molecule has 0 bridgehead atoms. The van der Waals surface area contributed by atoms with E-state index in [-0.39, 0.29) is 0 Å². The van der Waals surface area contributed by atoms with Gasteiger partial charge in [-0.1, -0.05) is 54.1 Å². The molecule has 0 radical (unpaired) electrons. The van der Waals surface area contributed by atoms with Crippen molar-refractivity contribution in [3.63, 3.8) is 0 Å². The third-order valence-electron chi connectivity index (χ3n) is 2.71. The van der Waals surface area contributed by atoms with Crippen LogP contribution in [0, 0.1) is 0 Å². The van der Waals surface area contributed by atoms with Crippen LogP contribution in [0.3, 0.4) is 0 Å². The Hall–Kier alpha value is -1.93. The monoisotopic (exact) mass is 240 g/mol. The lowest BCUT2D eigenvalue weighted by Crippen LogP contribution is -1.88. The lowest BCUT2D eigenvalue weighted by Gasteiger charge is -2.05. The standard InChI is InChI=1S/C14H9ClN2/c15-13-8-4-7-11-12(9-16-17-14(11)13)10-5-2-1-3-6-10/h1-9H. The van der Waals surface area contributed by atoms with Crippen LogP contribution in [0.5, 0.6) is 0 Å². The van der Waals surface area contributed by atoms with Crippen molar-refractivity contribution in [3.8, 4) is 11.1 Å². The van der Waals surface area contributed by atoms with Crippen LogP contribution in [0.4, 0.5) is 0 Å². The Morgan fingerprint density at radius 1 is 0.882 bits per heavy atom. The number of hydrogen-bond donors (Lipinski definition) is 0. The van der Waals surface area contributed by atoms with Crippen molar-refractivity contribution in [3.05, 3.63) is 59.8 Å². The van der Waals surface area contributed by atoms with Crippen LogP contribution in [-0.4, -0.2) is 10.2 Å². The van der Waals surface area contributed by atoms with Gasteiger partial charge in [0.25, 0.3) is 0 Å².